The number of carboxylic acid groups (broad SMARTS) is 1. The van der Waals surface area contributed by atoms with Crippen molar-refractivity contribution in [2.75, 3.05) is 0 Å². The number of hydrogen-bond acceptors (Lipinski definition) is 1. The Hall–Kier alpha value is 0.114. The molecule has 0 spiro atoms. The first-order chi connectivity index (χ1) is 8.18. The third kappa shape index (κ3) is 5.85. The topological polar surface area (TPSA) is 37.3 Å². The summed E-state index contributed by atoms with van der Waals surface area (Å²) in [6, 6.07) is 2.52. The minimum Gasteiger partial charge on any atom is -1.00 e. The Morgan fingerprint density at radius 3 is 1.55 bits per heavy atom. The molecule has 2 nitrogen and oxygen atoms in total. The molecule has 0 amide bonds. The number of carboxylic acids is 1. The molecule has 0 fully saturated rings. The quantitative estimate of drug-likeness (QED) is 0.407. The second-order valence-electron chi connectivity index (χ2n) is 5.09. The summed E-state index contributed by atoms with van der Waals surface area (Å²) < 4.78 is 0. The van der Waals surface area contributed by atoms with Crippen molar-refractivity contribution in [3.63, 3.8) is 0 Å². The van der Waals surface area contributed by atoms with Crippen LogP contribution < -0.4 is 24.8 Å². The van der Waals surface area contributed by atoms with Crippen molar-refractivity contribution in [2.24, 2.45) is 0 Å². The Morgan fingerprint density at radius 1 is 0.900 bits per heavy atom. The fourth-order valence-corrected chi connectivity index (χ4v) is 3.08. The van der Waals surface area contributed by atoms with Gasteiger partial charge in [0.05, 0.1) is 0 Å². The Bertz CT molecular complexity index is 382. The normalized spacial score (nSPS) is 14.8. The molecule has 0 aliphatic heterocycles. The van der Waals surface area contributed by atoms with Gasteiger partial charge in [0.2, 0.25) is 0 Å². The summed E-state index contributed by atoms with van der Waals surface area (Å²) in [7, 11) is 0. The zero-order chi connectivity index (χ0) is 12.3. The monoisotopic (exact) mass is 351 g/mol. The van der Waals surface area contributed by atoms with Crippen LogP contribution in [-0.4, -0.2) is 11.1 Å². The van der Waals surface area contributed by atoms with Gasteiger partial charge in [-0.05, 0) is 0 Å². The van der Waals surface area contributed by atoms with E-state index in [-0.39, 0.29) is 46.5 Å². The van der Waals surface area contributed by atoms with E-state index in [4.69, 9.17) is 9.90 Å². The van der Waals surface area contributed by atoms with Gasteiger partial charge in [-0.3, -0.25) is 4.79 Å². The van der Waals surface area contributed by atoms with Gasteiger partial charge in [0.25, 0.3) is 5.97 Å². The molecule has 111 valence electrons. The average molecular weight is 352 g/mol. The van der Waals surface area contributed by atoms with Crippen molar-refractivity contribution in [3.8, 4) is 0 Å². The van der Waals surface area contributed by atoms with Crippen LogP contribution in [-0.2, 0) is 52.2 Å². The Balaban J connectivity index is 0. The molecule has 0 unspecified atom stereocenters. The number of hydrogen-bond donors (Lipinski definition) is 1. The van der Waals surface area contributed by atoms with Gasteiger partial charge in [-0.25, -0.2) is 0 Å². The Labute approximate surface area is 148 Å². The molecule has 1 aromatic carbocycles. The van der Waals surface area contributed by atoms with Crippen molar-refractivity contribution >= 4 is 5.97 Å². The predicted molar refractivity (Wildman–Crippen MR) is 68.6 cm³/mol. The molecule has 5 heteroatoms. The van der Waals surface area contributed by atoms with Crippen LogP contribution in [0.5, 0.6) is 0 Å². The van der Waals surface area contributed by atoms with Gasteiger partial charge in [0, 0.05) is 6.92 Å². The largest absolute Gasteiger partial charge is 3.00 e. The van der Waals surface area contributed by atoms with Crippen molar-refractivity contribution in [1.82, 2.24) is 0 Å². The van der Waals surface area contributed by atoms with Gasteiger partial charge in [0.1, 0.15) is 0 Å². The van der Waals surface area contributed by atoms with Crippen LogP contribution >= 0.6 is 0 Å². The van der Waals surface area contributed by atoms with Crippen LogP contribution in [0.25, 0.3) is 0 Å². The second-order valence-corrected chi connectivity index (χ2v) is 5.09. The van der Waals surface area contributed by atoms with Crippen molar-refractivity contribution in [2.45, 2.75) is 58.3 Å². The number of rotatable bonds is 0. The van der Waals surface area contributed by atoms with Crippen molar-refractivity contribution < 1.29 is 56.4 Å². The van der Waals surface area contributed by atoms with E-state index in [1.807, 2.05) is 0 Å². The summed E-state index contributed by atoms with van der Waals surface area (Å²) in [4.78, 5) is 9.00. The number of aryl methyl sites for hydroxylation is 2. The Morgan fingerprint density at radius 2 is 1.20 bits per heavy atom. The second kappa shape index (κ2) is 10.8. The van der Waals surface area contributed by atoms with Gasteiger partial charge in [-0.2, -0.15) is 28.3 Å². The molecule has 0 saturated heterocycles. The van der Waals surface area contributed by atoms with E-state index in [9.17, 15) is 0 Å². The van der Waals surface area contributed by atoms with E-state index >= 15 is 0 Å². The van der Waals surface area contributed by atoms with Gasteiger partial charge in [-0.1, -0.05) is 51.4 Å². The van der Waals surface area contributed by atoms with E-state index in [0.717, 1.165) is 6.92 Å². The molecule has 2 aliphatic carbocycles. The molecular weight excluding hydrogens is 331 g/mol. The fourth-order valence-electron chi connectivity index (χ4n) is 3.08. The maximum absolute atomic E-state index is 9.00. The average Bonchev–Trinajstić information content (AvgIpc) is 2.66. The molecule has 0 bridgehead atoms. The molecule has 0 saturated carbocycles. The standard InChI is InChI=1S/C13H17.C2H4O2.2ClH.Ti/c1-3-7-12-10(5-1)9-11-6-2-4-8-13(11)12;1-2(3)4;;;/h9H,1-8H2;1H3,(H,3,4);2*1H;/q-1;;;;+3/p-2. The summed E-state index contributed by atoms with van der Waals surface area (Å²) >= 11 is 0. The molecular formula is C15H21Cl2O2Ti. The number of halogens is 2. The zero-order valence-electron chi connectivity index (χ0n) is 11.8. The summed E-state index contributed by atoms with van der Waals surface area (Å²) in [6.07, 6.45) is 11.2. The first-order valence-electron chi connectivity index (χ1n) is 6.67. The molecule has 0 heterocycles. The summed E-state index contributed by atoms with van der Waals surface area (Å²) in [5.41, 5.74) is 6.94. The molecule has 2 aliphatic rings. The third-order valence-electron chi connectivity index (χ3n) is 3.73. The van der Waals surface area contributed by atoms with E-state index in [0.29, 0.717) is 0 Å². The third-order valence-corrected chi connectivity index (χ3v) is 3.73. The first-order valence-corrected chi connectivity index (χ1v) is 6.67. The minimum absolute atomic E-state index is 0. The van der Waals surface area contributed by atoms with Crippen LogP contribution in [0.3, 0.4) is 0 Å². The van der Waals surface area contributed by atoms with E-state index < -0.39 is 5.97 Å². The number of fused-ring (bicyclic) bond motifs is 3. The fraction of sp³-hybridized carbons (Fsp3) is 0.600. The van der Waals surface area contributed by atoms with Crippen LogP contribution in [0.4, 0.5) is 0 Å². The van der Waals surface area contributed by atoms with Crippen LogP contribution in [0, 0.1) is 0 Å². The SMILES string of the molecule is CC(=O)O.[Cl-].[Cl-].[Ti+3].[cH-]1c2c(c3c1CCCC3)CCCC2. The smallest absolute Gasteiger partial charge is 1.00 e. The van der Waals surface area contributed by atoms with Crippen molar-refractivity contribution in [1.29, 1.82) is 0 Å². The van der Waals surface area contributed by atoms with Crippen molar-refractivity contribution in [3.05, 3.63) is 28.3 Å². The van der Waals surface area contributed by atoms with E-state index in [2.05, 4.69) is 6.07 Å². The summed E-state index contributed by atoms with van der Waals surface area (Å²) in [6.45, 7) is 1.08. The number of carbonyl (C=O) groups is 1. The number of aliphatic carboxylic acids is 1. The van der Waals surface area contributed by atoms with Gasteiger partial charge < -0.3 is 29.9 Å². The van der Waals surface area contributed by atoms with Crippen LogP contribution in [0.1, 0.15) is 54.9 Å². The van der Waals surface area contributed by atoms with Gasteiger partial charge in [0.15, 0.2) is 0 Å². The molecule has 0 atom stereocenters. The molecule has 3 rings (SSSR count). The molecule has 1 N–H and O–H groups in total. The van der Waals surface area contributed by atoms with Crippen LogP contribution in [0.2, 0.25) is 0 Å². The predicted octanol–water partition coefficient (Wildman–Crippen LogP) is -2.74. The zero-order valence-corrected chi connectivity index (χ0v) is 14.9. The molecule has 20 heavy (non-hydrogen) atoms. The summed E-state index contributed by atoms with van der Waals surface area (Å²) in [5, 5.41) is 7.42. The molecule has 1 radical (unpaired) electrons. The first kappa shape index (κ1) is 22.4. The molecule has 0 aromatic heterocycles. The van der Waals surface area contributed by atoms with Crippen LogP contribution in [0.15, 0.2) is 6.07 Å². The van der Waals surface area contributed by atoms with E-state index in [1.165, 1.54) is 51.4 Å². The Kier molecular flexibility index (Phi) is 12.1. The van der Waals surface area contributed by atoms with E-state index in [1.54, 1.807) is 22.3 Å². The maximum atomic E-state index is 9.00. The molecule has 1 aromatic rings. The minimum atomic E-state index is -0.833. The van der Waals surface area contributed by atoms with Gasteiger partial charge in [-0.15, -0.1) is 0 Å². The van der Waals surface area contributed by atoms with Gasteiger partial charge >= 0.3 is 21.7 Å². The maximum Gasteiger partial charge on any atom is 3.00 e. The summed E-state index contributed by atoms with van der Waals surface area (Å²) in [5.74, 6) is -0.833.